The average Bonchev–Trinajstić information content (AvgIpc) is 2.47. The van der Waals surface area contributed by atoms with E-state index in [2.05, 4.69) is 20.3 Å². The second-order valence-electron chi connectivity index (χ2n) is 4.95. The molecule has 1 amide bonds. The van der Waals surface area contributed by atoms with Gasteiger partial charge in [-0.15, -0.1) is 0 Å². The largest absolute Gasteiger partial charge is 0.295 e. The van der Waals surface area contributed by atoms with Gasteiger partial charge in [-0.2, -0.15) is 0 Å². The number of amides is 1. The first-order chi connectivity index (χ1) is 10.1. The third-order valence-corrected chi connectivity index (χ3v) is 3.03. The Kier molecular flexibility index (Phi) is 4.97. The molecule has 0 aromatic carbocycles. The van der Waals surface area contributed by atoms with Crippen LogP contribution in [0.15, 0.2) is 36.5 Å². The Morgan fingerprint density at radius 2 is 2.00 bits per heavy atom. The monoisotopic (exact) mass is 285 g/mol. The number of nitrogen functional groups attached to an aromatic ring is 1. The molecular weight excluding hydrogens is 266 g/mol. The van der Waals surface area contributed by atoms with Crippen LogP contribution >= 0.6 is 0 Å². The summed E-state index contributed by atoms with van der Waals surface area (Å²) in [5, 5.41) is 0. The van der Waals surface area contributed by atoms with Crippen LogP contribution in [0.5, 0.6) is 0 Å². The molecule has 21 heavy (non-hydrogen) atoms. The number of hydrazine groups is 1. The van der Waals surface area contributed by atoms with Gasteiger partial charge in [-0.25, -0.2) is 5.84 Å². The van der Waals surface area contributed by atoms with Crippen molar-refractivity contribution in [1.29, 1.82) is 0 Å². The number of carbonyl (C=O) groups excluding carboxylic acids is 1. The number of hydrogen-bond donors (Lipinski definition) is 2. The minimum atomic E-state index is -0.341. The molecule has 2 rings (SSSR count). The summed E-state index contributed by atoms with van der Waals surface area (Å²) in [6.45, 7) is 3.40. The van der Waals surface area contributed by atoms with Crippen molar-refractivity contribution in [2.24, 2.45) is 5.84 Å². The molecule has 0 saturated heterocycles. The average molecular weight is 285 g/mol. The summed E-state index contributed by atoms with van der Waals surface area (Å²) in [6, 6.07) is 9.52. The van der Waals surface area contributed by atoms with Gasteiger partial charge in [0.05, 0.1) is 17.0 Å². The lowest BCUT2D eigenvalue weighted by Gasteiger charge is -2.16. The minimum absolute atomic E-state index is 0.341. The van der Waals surface area contributed by atoms with Gasteiger partial charge in [-0.1, -0.05) is 6.07 Å². The third kappa shape index (κ3) is 4.34. The quantitative estimate of drug-likeness (QED) is 0.487. The van der Waals surface area contributed by atoms with Crippen molar-refractivity contribution >= 4 is 5.91 Å². The van der Waals surface area contributed by atoms with Gasteiger partial charge < -0.3 is 0 Å². The molecule has 2 aromatic heterocycles. The molecule has 0 fully saturated rings. The Hall–Kier alpha value is -2.31. The highest BCUT2D eigenvalue weighted by molar-refractivity contribution is 5.93. The molecule has 2 aromatic rings. The maximum atomic E-state index is 11.3. The van der Waals surface area contributed by atoms with E-state index in [1.54, 1.807) is 6.07 Å². The summed E-state index contributed by atoms with van der Waals surface area (Å²) < 4.78 is 0. The summed E-state index contributed by atoms with van der Waals surface area (Å²) in [7, 11) is 2.01. The third-order valence-electron chi connectivity index (χ3n) is 3.03. The molecule has 6 nitrogen and oxygen atoms in total. The number of carbonyl (C=O) groups is 1. The number of nitrogens with one attached hydrogen (secondary N) is 1. The molecule has 0 bridgehead atoms. The molecule has 0 unspecified atom stereocenters. The number of pyridine rings is 2. The van der Waals surface area contributed by atoms with Crippen molar-refractivity contribution in [2.75, 3.05) is 7.05 Å². The summed E-state index contributed by atoms with van der Waals surface area (Å²) >= 11 is 0. The molecule has 0 atom stereocenters. The van der Waals surface area contributed by atoms with Crippen LogP contribution in [-0.2, 0) is 13.1 Å². The number of nitrogens with two attached hydrogens (primary N) is 1. The van der Waals surface area contributed by atoms with Gasteiger partial charge in [0.25, 0.3) is 5.91 Å². The Bertz CT molecular complexity index is 612. The molecular formula is C15H19N5O. The normalized spacial score (nSPS) is 10.7. The van der Waals surface area contributed by atoms with Crippen molar-refractivity contribution in [3.8, 4) is 0 Å². The smallest absolute Gasteiger partial charge is 0.266 e. The Morgan fingerprint density at radius 3 is 2.62 bits per heavy atom. The van der Waals surface area contributed by atoms with Gasteiger partial charge in [0.2, 0.25) is 0 Å². The first kappa shape index (κ1) is 15.1. The lowest BCUT2D eigenvalue weighted by molar-refractivity contribution is 0.0953. The molecule has 2 heterocycles. The number of aromatic nitrogens is 2. The summed E-state index contributed by atoms with van der Waals surface area (Å²) in [5.41, 5.74) is 5.45. The van der Waals surface area contributed by atoms with E-state index in [1.807, 2.05) is 38.2 Å². The van der Waals surface area contributed by atoms with Crippen LogP contribution in [0, 0.1) is 6.92 Å². The van der Waals surface area contributed by atoms with Crippen molar-refractivity contribution in [2.45, 2.75) is 20.0 Å². The summed E-state index contributed by atoms with van der Waals surface area (Å²) in [5.74, 6) is 4.74. The highest BCUT2D eigenvalue weighted by Gasteiger charge is 2.07. The van der Waals surface area contributed by atoms with E-state index in [0.29, 0.717) is 12.1 Å². The second-order valence-corrected chi connectivity index (χ2v) is 4.95. The predicted octanol–water partition coefficient (Wildman–Crippen LogP) is 1.02. The molecule has 0 aliphatic carbocycles. The van der Waals surface area contributed by atoms with E-state index in [9.17, 15) is 4.79 Å². The Balaban J connectivity index is 1.96. The fourth-order valence-electron chi connectivity index (χ4n) is 2.03. The van der Waals surface area contributed by atoms with Gasteiger partial charge in [0.1, 0.15) is 0 Å². The maximum absolute atomic E-state index is 11.3. The molecule has 0 aliphatic rings. The fourth-order valence-corrected chi connectivity index (χ4v) is 2.03. The molecule has 3 N–H and O–H groups in total. The number of rotatable bonds is 5. The maximum Gasteiger partial charge on any atom is 0.266 e. The van der Waals surface area contributed by atoms with Crippen LogP contribution in [0.4, 0.5) is 0 Å². The van der Waals surface area contributed by atoms with Gasteiger partial charge in [0, 0.05) is 25.0 Å². The van der Waals surface area contributed by atoms with Crippen LogP contribution in [0.25, 0.3) is 0 Å². The zero-order valence-corrected chi connectivity index (χ0v) is 12.2. The van der Waals surface area contributed by atoms with E-state index < -0.39 is 0 Å². The van der Waals surface area contributed by atoms with Crippen LogP contribution < -0.4 is 11.3 Å². The van der Waals surface area contributed by atoms with Crippen LogP contribution in [0.1, 0.15) is 27.4 Å². The van der Waals surface area contributed by atoms with Crippen LogP contribution in [0.2, 0.25) is 0 Å². The molecule has 6 heteroatoms. The van der Waals surface area contributed by atoms with Crippen molar-refractivity contribution in [3.63, 3.8) is 0 Å². The molecule has 0 spiro atoms. The molecule has 110 valence electrons. The molecule has 0 aliphatic heterocycles. The Labute approximate surface area is 124 Å². The number of nitrogens with zero attached hydrogens (tertiary/aromatic N) is 3. The summed E-state index contributed by atoms with van der Waals surface area (Å²) in [6.07, 6.45) is 1.52. The minimum Gasteiger partial charge on any atom is -0.295 e. The topological polar surface area (TPSA) is 84.1 Å². The highest BCUT2D eigenvalue weighted by Crippen LogP contribution is 2.07. The highest BCUT2D eigenvalue weighted by atomic mass is 16.2. The number of aryl methyl sites for hydroxylation is 1. The van der Waals surface area contributed by atoms with Crippen molar-refractivity contribution in [3.05, 3.63) is 59.2 Å². The number of hydrogen-bond acceptors (Lipinski definition) is 5. The first-order valence-corrected chi connectivity index (χ1v) is 6.65. The van der Waals surface area contributed by atoms with Gasteiger partial charge in [-0.05, 0) is 38.2 Å². The van der Waals surface area contributed by atoms with E-state index >= 15 is 0 Å². The second kappa shape index (κ2) is 6.92. The standard InChI is InChI=1S/C15H19N5O/c1-11-4-3-5-14(18-11)10-20(2)9-13-7-6-12(8-17-13)15(21)19-16/h3-8H,9-10,16H2,1-2H3,(H,19,21). The molecule has 0 radical (unpaired) electrons. The first-order valence-electron chi connectivity index (χ1n) is 6.65. The van der Waals surface area contributed by atoms with E-state index in [0.717, 1.165) is 23.6 Å². The predicted molar refractivity (Wildman–Crippen MR) is 80.0 cm³/mol. The van der Waals surface area contributed by atoms with Gasteiger partial charge in [-0.3, -0.25) is 25.1 Å². The van der Waals surface area contributed by atoms with E-state index in [1.165, 1.54) is 6.20 Å². The fraction of sp³-hybridized carbons (Fsp3) is 0.267. The van der Waals surface area contributed by atoms with Crippen molar-refractivity contribution in [1.82, 2.24) is 20.3 Å². The van der Waals surface area contributed by atoms with E-state index in [4.69, 9.17) is 5.84 Å². The molecule has 0 saturated carbocycles. The van der Waals surface area contributed by atoms with E-state index in [-0.39, 0.29) is 5.91 Å². The van der Waals surface area contributed by atoms with Crippen molar-refractivity contribution < 1.29 is 4.79 Å². The SMILES string of the molecule is Cc1cccc(CN(C)Cc2ccc(C(=O)NN)cn2)n1. The lowest BCUT2D eigenvalue weighted by Crippen LogP contribution is -2.30. The van der Waals surface area contributed by atoms with Gasteiger partial charge in [0.15, 0.2) is 0 Å². The zero-order chi connectivity index (χ0) is 15.2. The zero-order valence-electron chi connectivity index (χ0n) is 12.2. The summed E-state index contributed by atoms with van der Waals surface area (Å²) in [4.78, 5) is 22.2. The Morgan fingerprint density at radius 1 is 1.24 bits per heavy atom. The van der Waals surface area contributed by atoms with Crippen LogP contribution in [-0.4, -0.2) is 27.8 Å². The van der Waals surface area contributed by atoms with Gasteiger partial charge >= 0.3 is 0 Å². The lowest BCUT2D eigenvalue weighted by atomic mass is 10.2. The van der Waals surface area contributed by atoms with Crippen LogP contribution in [0.3, 0.4) is 0 Å².